The smallest absolute Gasteiger partial charge is 0.312 e. The average Bonchev–Trinajstić information content (AvgIpc) is 3.43. The van der Waals surface area contributed by atoms with Crippen molar-refractivity contribution in [3.8, 4) is 0 Å². The van der Waals surface area contributed by atoms with Crippen LogP contribution in [0.1, 0.15) is 78.6 Å². The number of carbonyl (C=O) groups is 3. The van der Waals surface area contributed by atoms with Crippen molar-refractivity contribution in [2.75, 3.05) is 26.3 Å². The van der Waals surface area contributed by atoms with Gasteiger partial charge in [-0.05, 0) is 65.2 Å². The molecule has 3 fully saturated rings. The lowest BCUT2D eigenvalue weighted by Crippen LogP contribution is -2.58. The summed E-state index contributed by atoms with van der Waals surface area (Å²) in [5.41, 5.74) is -1.88. The number of rotatable bonds is 16. The Balaban J connectivity index is 1.96. The van der Waals surface area contributed by atoms with E-state index in [2.05, 4.69) is 20.1 Å². The minimum atomic E-state index is -1.05. The van der Waals surface area contributed by atoms with Crippen LogP contribution < -0.4 is 0 Å². The topological polar surface area (TPSA) is 96.4 Å². The summed E-state index contributed by atoms with van der Waals surface area (Å²) < 4.78 is 12.3. The van der Waals surface area contributed by atoms with Crippen LogP contribution in [0.25, 0.3) is 0 Å². The van der Waals surface area contributed by atoms with Crippen molar-refractivity contribution in [1.82, 2.24) is 9.80 Å². The number of allylic oxidation sites excluding steroid dienone is 1. The summed E-state index contributed by atoms with van der Waals surface area (Å²) in [7, 11) is 0. The molecule has 3 saturated heterocycles. The number of nitrogens with zero attached hydrogens (tertiary/aromatic N) is 2. The minimum Gasteiger partial charge on any atom is -0.465 e. The number of aliphatic hydroxyl groups is 1. The average molecular weight is 519 g/mol. The molecule has 0 aromatic rings. The second-order valence-corrected chi connectivity index (χ2v) is 11.1. The van der Waals surface area contributed by atoms with Gasteiger partial charge in [0.25, 0.3) is 0 Å². The van der Waals surface area contributed by atoms with E-state index in [1.54, 1.807) is 17.1 Å². The first kappa shape index (κ1) is 29.4. The predicted octanol–water partition coefficient (Wildman–Crippen LogP) is 3.63. The number of esters is 1. The molecule has 1 spiro atoms. The molecule has 3 unspecified atom stereocenters. The molecule has 6 atom stereocenters. The summed E-state index contributed by atoms with van der Waals surface area (Å²) in [6.45, 7) is 14.7. The Labute approximate surface area is 222 Å². The lowest BCUT2D eigenvalue weighted by Gasteiger charge is -2.39. The quantitative estimate of drug-likeness (QED) is 0.190. The Hall–Kier alpha value is -2.19. The largest absolute Gasteiger partial charge is 0.465 e. The van der Waals surface area contributed by atoms with Gasteiger partial charge in [-0.1, -0.05) is 25.5 Å². The van der Waals surface area contributed by atoms with Crippen molar-refractivity contribution >= 4 is 17.8 Å². The molecule has 8 nitrogen and oxygen atoms in total. The first-order valence-electron chi connectivity index (χ1n) is 14.0. The monoisotopic (exact) mass is 518 g/mol. The first-order valence-corrected chi connectivity index (χ1v) is 14.0. The number of likely N-dealkylation sites (tertiary alicyclic amines) is 1. The third kappa shape index (κ3) is 5.51. The molecular formula is C29H46N2O6. The molecule has 0 aromatic heterocycles. The molecule has 3 rings (SSSR count). The summed E-state index contributed by atoms with van der Waals surface area (Å²) >= 11 is 0. The van der Waals surface area contributed by atoms with Gasteiger partial charge in [-0.3, -0.25) is 14.4 Å². The molecule has 0 saturated carbocycles. The van der Waals surface area contributed by atoms with Crippen LogP contribution in [0.15, 0.2) is 25.3 Å². The van der Waals surface area contributed by atoms with Gasteiger partial charge in [0.1, 0.15) is 17.6 Å². The summed E-state index contributed by atoms with van der Waals surface area (Å²) in [4.78, 5) is 45.2. The van der Waals surface area contributed by atoms with Crippen LogP contribution in [0.2, 0.25) is 0 Å². The fourth-order valence-electron chi connectivity index (χ4n) is 6.72. The highest BCUT2D eigenvalue weighted by Gasteiger charge is 2.78. The van der Waals surface area contributed by atoms with Crippen LogP contribution in [0.3, 0.4) is 0 Å². The van der Waals surface area contributed by atoms with Crippen LogP contribution in [0.5, 0.6) is 0 Å². The molecule has 3 aliphatic rings. The van der Waals surface area contributed by atoms with Crippen molar-refractivity contribution in [1.29, 1.82) is 0 Å². The molecular weight excluding hydrogens is 472 g/mol. The number of hydrogen-bond donors (Lipinski definition) is 1. The van der Waals surface area contributed by atoms with Crippen molar-refractivity contribution in [2.45, 2.75) is 102 Å². The van der Waals surface area contributed by atoms with E-state index in [1.165, 1.54) is 0 Å². The van der Waals surface area contributed by atoms with E-state index in [9.17, 15) is 19.5 Å². The van der Waals surface area contributed by atoms with E-state index in [1.807, 2.05) is 18.7 Å². The summed E-state index contributed by atoms with van der Waals surface area (Å²) in [5, 5.41) is 9.21. The van der Waals surface area contributed by atoms with Crippen molar-refractivity contribution in [3.05, 3.63) is 25.3 Å². The highest BCUT2D eigenvalue weighted by molar-refractivity contribution is 5.98. The number of hydrogen-bond acceptors (Lipinski definition) is 6. The van der Waals surface area contributed by atoms with Crippen molar-refractivity contribution in [2.24, 2.45) is 11.8 Å². The molecule has 37 heavy (non-hydrogen) atoms. The van der Waals surface area contributed by atoms with Gasteiger partial charge in [-0.25, -0.2) is 0 Å². The zero-order chi connectivity index (χ0) is 27.2. The van der Waals surface area contributed by atoms with Crippen LogP contribution in [0, 0.1) is 11.8 Å². The molecule has 0 aromatic carbocycles. The van der Waals surface area contributed by atoms with Crippen molar-refractivity contribution in [3.63, 3.8) is 0 Å². The fraction of sp³-hybridized carbons (Fsp3) is 0.759. The fourth-order valence-corrected chi connectivity index (χ4v) is 6.72. The van der Waals surface area contributed by atoms with E-state index in [4.69, 9.17) is 9.47 Å². The number of fused-ring (bicyclic) bond motifs is 1. The number of aliphatic hydroxyl groups excluding tert-OH is 1. The molecule has 3 heterocycles. The SMILES string of the molecule is C=CCCCOC(=O)[C@@H]1[C@H]2C(=O)N(CCCCCO)C(C(=O)N(CC=C)C(C)CCC)C23CC[C@@]1(C)O3. The second-order valence-electron chi connectivity index (χ2n) is 11.1. The summed E-state index contributed by atoms with van der Waals surface area (Å²) in [5.74, 6) is -2.22. The molecule has 0 aliphatic carbocycles. The van der Waals surface area contributed by atoms with Crippen LogP contribution in [-0.2, 0) is 23.9 Å². The number of amides is 2. The highest BCUT2D eigenvalue weighted by atomic mass is 16.6. The highest BCUT2D eigenvalue weighted by Crippen LogP contribution is 2.63. The standard InChI is InChI=1S/C29H46N2O6/c1-6-9-13-20-36-27(35)23-22-25(33)31(18-11-10-12-19-32)24(29(22)16-15-28(23,5)37-29)26(34)30(17-8-3)21(4)14-7-2/h6,8,21-24,32H,1,3,7,9-20H2,2,4-5H3/t21?,22-,23-,24?,28+,29?/m0/s1. The first-order chi connectivity index (χ1) is 17.7. The van der Waals surface area contributed by atoms with Crippen LogP contribution >= 0.6 is 0 Å². The van der Waals surface area contributed by atoms with E-state index < -0.39 is 35.0 Å². The van der Waals surface area contributed by atoms with Gasteiger partial charge in [-0.15, -0.1) is 13.2 Å². The van der Waals surface area contributed by atoms with Gasteiger partial charge in [0.2, 0.25) is 11.8 Å². The van der Waals surface area contributed by atoms with Gasteiger partial charge in [0, 0.05) is 25.7 Å². The second kappa shape index (κ2) is 12.6. The van der Waals surface area contributed by atoms with Crippen LogP contribution in [0.4, 0.5) is 0 Å². The maximum atomic E-state index is 14.3. The maximum Gasteiger partial charge on any atom is 0.312 e. The molecule has 0 radical (unpaired) electrons. The van der Waals surface area contributed by atoms with Gasteiger partial charge < -0.3 is 24.4 Å². The summed E-state index contributed by atoms with van der Waals surface area (Å²) in [6, 6.07) is -0.809. The van der Waals surface area contributed by atoms with Gasteiger partial charge in [-0.2, -0.15) is 0 Å². The molecule has 2 bridgehead atoms. The molecule has 208 valence electrons. The zero-order valence-corrected chi connectivity index (χ0v) is 23.0. The Morgan fingerprint density at radius 3 is 2.65 bits per heavy atom. The Morgan fingerprint density at radius 2 is 2.00 bits per heavy atom. The zero-order valence-electron chi connectivity index (χ0n) is 23.0. The van der Waals surface area contributed by atoms with Crippen molar-refractivity contribution < 1.29 is 29.0 Å². The van der Waals surface area contributed by atoms with E-state index in [0.717, 1.165) is 25.7 Å². The van der Waals surface area contributed by atoms with Gasteiger partial charge in [0.05, 0.1) is 18.1 Å². The Morgan fingerprint density at radius 1 is 1.24 bits per heavy atom. The van der Waals surface area contributed by atoms with Crippen LogP contribution in [-0.4, -0.2) is 82.3 Å². The maximum absolute atomic E-state index is 14.3. The van der Waals surface area contributed by atoms with E-state index in [-0.39, 0.29) is 31.1 Å². The third-order valence-corrected chi connectivity index (χ3v) is 8.47. The Bertz CT molecular complexity index is 861. The lowest BCUT2D eigenvalue weighted by molar-refractivity contribution is -0.160. The summed E-state index contributed by atoms with van der Waals surface area (Å²) in [6.07, 6.45) is 9.88. The van der Waals surface area contributed by atoms with E-state index in [0.29, 0.717) is 45.2 Å². The molecule has 1 N–H and O–H groups in total. The number of carbonyl (C=O) groups excluding carboxylic acids is 3. The van der Waals surface area contributed by atoms with Gasteiger partial charge >= 0.3 is 5.97 Å². The third-order valence-electron chi connectivity index (χ3n) is 8.47. The minimum absolute atomic E-state index is 0.0166. The predicted molar refractivity (Wildman–Crippen MR) is 142 cm³/mol. The number of ether oxygens (including phenoxy) is 2. The lowest BCUT2D eigenvalue weighted by atomic mass is 9.66. The van der Waals surface area contributed by atoms with Gasteiger partial charge in [0.15, 0.2) is 0 Å². The molecule has 8 heteroatoms. The Kier molecular flexibility index (Phi) is 9.98. The molecule has 3 aliphatic heterocycles. The normalized spacial score (nSPS) is 30.8. The molecule has 2 amide bonds. The van der Waals surface area contributed by atoms with E-state index >= 15 is 0 Å². The number of unbranched alkanes of at least 4 members (excludes halogenated alkanes) is 3.